The third-order valence-corrected chi connectivity index (χ3v) is 3.31. The van der Waals surface area contributed by atoms with Crippen molar-refractivity contribution in [3.05, 3.63) is 90.3 Å². The van der Waals surface area contributed by atoms with Crippen molar-refractivity contribution in [3.63, 3.8) is 0 Å². The van der Waals surface area contributed by atoms with Gasteiger partial charge in [0, 0.05) is 25.2 Å². The first kappa shape index (κ1) is 18.1. The Morgan fingerprint density at radius 1 is 0.640 bits per heavy atom. The maximum Gasteiger partial charge on any atom is 0.178 e. The van der Waals surface area contributed by atoms with Crippen molar-refractivity contribution < 1.29 is 9.59 Å². The standard InChI is InChI=1S/C12H11N.C9H9NO2/c1-3-7-11(8-4-1)13-12-9-5-2-6-10-12;1-6(11)8-4-3-5-9(10-8)7(2)12/h1-10,13H;3-5H,1-2H3. The van der Waals surface area contributed by atoms with Gasteiger partial charge in [0.05, 0.1) is 0 Å². The van der Waals surface area contributed by atoms with Crippen molar-refractivity contribution in [2.75, 3.05) is 5.32 Å². The molecule has 0 aliphatic carbocycles. The molecule has 4 nitrogen and oxygen atoms in total. The van der Waals surface area contributed by atoms with Gasteiger partial charge in [0.15, 0.2) is 11.6 Å². The number of rotatable bonds is 4. The number of para-hydroxylation sites is 2. The third-order valence-electron chi connectivity index (χ3n) is 3.31. The highest BCUT2D eigenvalue weighted by Gasteiger charge is 2.04. The van der Waals surface area contributed by atoms with E-state index in [1.165, 1.54) is 13.8 Å². The average Bonchev–Trinajstić information content (AvgIpc) is 2.64. The van der Waals surface area contributed by atoms with Crippen LogP contribution in [0.15, 0.2) is 78.9 Å². The van der Waals surface area contributed by atoms with Gasteiger partial charge in [0.2, 0.25) is 0 Å². The van der Waals surface area contributed by atoms with E-state index in [-0.39, 0.29) is 11.6 Å². The Morgan fingerprint density at radius 3 is 1.40 bits per heavy atom. The second-order valence-electron chi connectivity index (χ2n) is 5.38. The van der Waals surface area contributed by atoms with Crippen molar-refractivity contribution in [3.8, 4) is 0 Å². The molecule has 25 heavy (non-hydrogen) atoms. The van der Waals surface area contributed by atoms with Crippen LogP contribution in [0.25, 0.3) is 0 Å². The van der Waals surface area contributed by atoms with Crippen LogP contribution in [0.2, 0.25) is 0 Å². The van der Waals surface area contributed by atoms with Crippen LogP contribution in [-0.2, 0) is 0 Å². The zero-order valence-corrected chi connectivity index (χ0v) is 14.3. The summed E-state index contributed by atoms with van der Waals surface area (Å²) in [5, 5.41) is 3.30. The summed E-state index contributed by atoms with van der Waals surface area (Å²) in [5.41, 5.74) is 2.91. The van der Waals surface area contributed by atoms with Crippen LogP contribution in [0, 0.1) is 0 Å². The maximum atomic E-state index is 10.8. The SMILES string of the molecule is CC(=O)c1cccc(C(C)=O)n1.c1ccc(Nc2ccccc2)cc1. The Hall–Kier alpha value is -3.27. The molecule has 0 radical (unpaired) electrons. The molecule has 1 heterocycles. The van der Waals surface area contributed by atoms with Crippen LogP contribution in [-0.4, -0.2) is 16.6 Å². The van der Waals surface area contributed by atoms with Crippen molar-refractivity contribution in [1.29, 1.82) is 0 Å². The van der Waals surface area contributed by atoms with E-state index in [1.54, 1.807) is 18.2 Å². The van der Waals surface area contributed by atoms with Gasteiger partial charge in [-0.15, -0.1) is 0 Å². The van der Waals surface area contributed by atoms with Gasteiger partial charge in [0.1, 0.15) is 11.4 Å². The fourth-order valence-electron chi connectivity index (χ4n) is 2.04. The minimum absolute atomic E-state index is 0.127. The molecular weight excluding hydrogens is 312 g/mol. The summed E-state index contributed by atoms with van der Waals surface area (Å²) in [7, 11) is 0. The number of pyridine rings is 1. The number of ketones is 2. The Balaban J connectivity index is 0.000000181. The van der Waals surface area contributed by atoms with E-state index < -0.39 is 0 Å². The molecule has 0 aliphatic rings. The molecular formula is C21H20N2O2. The highest BCUT2D eigenvalue weighted by atomic mass is 16.1. The molecule has 0 saturated heterocycles. The predicted molar refractivity (Wildman–Crippen MR) is 100 cm³/mol. The smallest absolute Gasteiger partial charge is 0.178 e. The molecule has 3 rings (SSSR count). The highest BCUT2D eigenvalue weighted by molar-refractivity contribution is 5.96. The van der Waals surface area contributed by atoms with Gasteiger partial charge in [0.25, 0.3) is 0 Å². The van der Waals surface area contributed by atoms with E-state index in [0.29, 0.717) is 11.4 Å². The summed E-state index contributed by atoms with van der Waals surface area (Å²) < 4.78 is 0. The molecule has 3 aromatic rings. The fourth-order valence-corrected chi connectivity index (χ4v) is 2.04. The summed E-state index contributed by atoms with van der Waals surface area (Å²) in [6.45, 7) is 2.85. The topological polar surface area (TPSA) is 59.1 Å². The number of benzene rings is 2. The van der Waals surface area contributed by atoms with Gasteiger partial charge in [-0.1, -0.05) is 42.5 Å². The molecule has 126 valence electrons. The molecule has 0 atom stereocenters. The number of anilines is 2. The maximum absolute atomic E-state index is 10.8. The molecule has 0 aliphatic heterocycles. The Labute approximate surface area is 147 Å². The quantitative estimate of drug-likeness (QED) is 0.689. The average molecular weight is 332 g/mol. The first-order valence-electron chi connectivity index (χ1n) is 7.92. The lowest BCUT2D eigenvalue weighted by Crippen LogP contribution is -2.02. The van der Waals surface area contributed by atoms with Gasteiger partial charge >= 0.3 is 0 Å². The molecule has 0 saturated carbocycles. The Kier molecular flexibility index (Phi) is 6.60. The molecule has 1 N–H and O–H groups in total. The van der Waals surface area contributed by atoms with Crippen LogP contribution >= 0.6 is 0 Å². The molecule has 0 amide bonds. The first-order valence-corrected chi connectivity index (χ1v) is 7.92. The summed E-state index contributed by atoms with van der Waals surface area (Å²) in [4.78, 5) is 25.6. The van der Waals surface area contributed by atoms with E-state index in [9.17, 15) is 9.59 Å². The number of hydrogen-bond donors (Lipinski definition) is 1. The van der Waals surface area contributed by atoms with Gasteiger partial charge < -0.3 is 5.32 Å². The predicted octanol–water partition coefficient (Wildman–Crippen LogP) is 4.92. The van der Waals surface area contributed by atoms with E-state index >= 15 is 0 Å². The highest BCUT2D eigenvalue weighted by Crippen LogP contribution is 2.14. The number of carbonyl (C=O) groups is 2. The third kappa shape index (κ3) is 6.03. The number of carbonyl (C=O) groups excluding carboxylic acids is 2. The monoisotopic (exact) mass is 332 g/mol. The van der Waals surface area contributed by atoms with Crippen molar-refractivity contribution in [1.82, 2.24) is 4.98 Å². The zero-order valence-electron chi connectivity index (χ0n) is 14.3. The minimum Gasteiger partial charge on any atom is -0.356 e. The van der Waals surface area contributed by atoms with Gasteiger partial charge in [-0.3, -0.25) is 9.59 Å². The Bertz CT molecular complexity index is 764. The number of nitrogens with zero attached hydrogens (tertiary/aromatic N) is 1. The minimum atomic E-state index is -0.127. The van der Waals surface area contributed by atoms with E-state index in [4.69, 9.17) is 0 Å². The molecule has 1 aromatic heterocycles. The normalized spacial score (nSPS) is 9.52. The van der Waals surface area contributed by atoms with Crippen LogP contribution < -0.4 is 5.32 Å². The van der Waals surface area contributed by atoms with Crippen molar-refractivity contribution >= 4 is 22.9 Å². The molecule has 0 spiro atoms. The van der Waals surface area contributed by atoms with E-state index in [0.717, 1.165) is 11.4 Å². The molecule has 0 bridgehead atoms. The zero-order chi connectivity index (χ0) is 18.1. The number of hydrogen-bond acceptors (Lipinski definition) is 4. The number of nitrogens with one attached hydrogen (secondary N) is 1. The van der Waals surface area contributed by atoms with Gasteiger partial charge in [-0.05, 0) is 36.4 Å². The van der Waals surface area contributed by atoms with E-state index in [1.807, 2.05) is 60.7 Å². The summed E-state index contributed by atoms with van der Waals surface area (Å²) in [5.74, 6) is -0.254. The largest absolute Gasteiger partial charge is 0.356 e. The van der Waals surface area contributed by atoms with Gasteiger partial charge in [-0.25, -0.2) is 4.98 Å². The lowest BCUT2D eigenvalue weighted by atomic mass is 10.2. The summed E-state index contributed by atoms with van der Waals surface area (Å²) >= 11 is 0. The van der Waals surface area contributed by atoms with Crippen molar-refractivity contribution in [2.45, 2.75) is 13.8 Å². The Morgan fingerprint density at radius 2 is 1.04 bits per heavy atom. The van der Waals surface area contributed by atoms with Crippen molar-refractivity contribution in [2.24, 2.45) is 0 Å². The number of Topliss-reactive ketones (excluding diaryl/α,β-unsaturated/α-hetero) is 2. The van der Waals surface area contributed by atoms with Crippen LogP contribution in [0.3, 0.4) is 0 Å². The molecule has 0 unspecified atom stereocenters. The molecule has 4 heteroatoms. The second-order valence-corrected chi connectivity index (χ2v) is 5.38. The van der Waals surface area contributed by atoms with Crippen LogP contribution in [0.4, 0.5) is 11.4 Å². The fraction of sp³-hybridized carbons (Fsp3) is 0.0952. The molecule has 0 fully saturated rings. The summed E-state index contributed by atoms with van der Waals surface area (Å²) in [6, 6.07) is 25.1. The summed E-state index contributed by atoms with van der Waals surface area (Å²) in [6.07, 6.45) is 0. The second kappa shape index (κ2) is 9.13. The lowest BCUT2D eigenvalue weighted by molar-refractivity contribution is 0.101. The van der Waals surface area contributed by atoms with Crippen LogP contribution in [0.5, 0.6) is 0 Å². The van der Waals surface area contributed by atoms with Crippen LogP contribution in [0.1, 0.15) is 34.8 Å². The van der Waals surface area contributed by atoms with Gasteiger partial charge in [-0.2, -0.15) is 0 Å². The first-order chi connectivity index (χ1) is 12.1. The lowest BCUT2D eigenvalue weighted by Gasteiger charge is -2.04. The van der Waals surface area contributed by atoms with E-state index in [2.05, 4.69) is 10.3 Å². The number of aromatic nitrogens is 1. The molecule has 2 aromatic carbocycles.